The van der Waals surface area contributed by atoms with Gasteiger partial charge >= 0.3 is 18.1 Å². The van der Waals surface area contributed by atoms with E-state index in [1.807, 2.05) is 30.3 Å². The number of amides is 3. The molecular formula is C19H25N3O5. The zero-order valence-electron chi connectivity index (χ0n) is 15.7. The summed E-state index contributed by atoms with van der Waals surface area (Å²) < 4.78 is 10.2. The van der Waals surface area contributed by atoms with Crippen molar-refractivity contribution in [1.82, 2.24) is 14.7 Å². The van der Waals surface area contributed by atoms with Gasteiger partial charge in [0.25, 0.3) is 0 Å². The molecule has 3 rings (SSSR count). The molecule has 0 aliphatic carbocycles. The highest BCUT2D eigenvalue weighted by atomic mass is 16.6. The fourth-order valence-corrected chi connectivity index (χ4v) is 3.63. The van der Waals surface area contributed by atoms with E-state index in [9.17, 15) is 14.4 Å². The number of piperidine rings is 1. The van der Waals surface area contributed by atoms with Crippen molar-refractivity contribution in [2.24, 2.45) is 0 Å². The van der Waals surface area contributed by atoms with Gasteiger partial charge in [-0.25, -0.2) is 14.4 Å². The molecule has 1 aromatic rings. The summed E-state index contributed by atoms with van der Waals surface area (Å²) in [6, 6.07) is 8.67. The number of urea groups is 1. The van der Waals surface area contributed by atoms with Crippen molar-refractivity contribution in [3.05, 3.63) is 35.9 Å². The lowest BCUT2D eigenvalue weighted by atomic mass is 10.0. The normalized spacial score (nSPS) is 20.7. The molecule has 0 unspecified atom stereocenters. The molecule has 2 fully saturated rings. The van der Waals surface area contributed by atoms with Gasteiger partial charge < -0.3 is 24.2 Å². The molecule has 0 radical (unpaired) electrons. The largest absolute Gasteiger partial charge is 0.467 e. The number of methoxy groups -OCH3 is 1. The van der Waals surface area contributed by atoms with Crippen LogP contribution in [0.4, 0.5) is 9.59 Å². The second-order valence-corrected chi connectivity index (χ2v) is 6.87. The first kappa shape index (κ1) is 19.0. The molecule has 146 valence electrons. The standard InChI is InChI=1S/C19H25N3O5/c1-20-12-16(17(23)26-2)22(18(20)24)15-8-10-21(11-9-15)19(25)27-13-14-6-4-3-5-7-14/h3-7,15-16H,8-13H2,1-2H3/t16-/m1/s1. The lowest BCUT2D eigenvalue weighted by Gasteiger charge is -2.37. The summed E-state index contributed by atoms with van der Waals surface area (Å²) in [5, 5.41) is 0. The van der Waals surface area contributed by atoms with Gasteiger partial charge in [-0.15, -0.1) is 0 Å². The maximum Gasteiger partial charge on any atom is 0.410 e. The van der Waals surface area contributed by atoms with Crippen LogP contribution in [0.15, 0.2) is 30.3 Å². The van der Waals surface area contributed by atoms with Crippen LogP contribution in [0.3, 0.4) is 0 Å². The Bertz CT molecular complexity index is 688. The van der Waals surface area contributed by atoms with Crippen LogP contribution in [0.1, 0.15) is 18.4 Å². The van der Waals surface area contributed by atoms with E-state index in [0.29, 0.717) is 32.5 Å². The molecule has 8 heteroatoms. The third-order valence-corrected chi connectivity index (χ3v) is 5.12. The molecule has 8 nitrogen and oxygen atoms in total. The van der Waals surface area contributed by atoms with Gasteiger partial charge in [-0.1, -0.05) is 30.3 Å². The van der Waals surface area contributed by atoms with E-state index in [4.69, 9.17) is 9.47 Å². The van der Waals surface area contributed by atoms with Crippen LogP contribution in [0.5, 0.6) is 0 Å². The number of ether oxygens (including phenoxy) is 2. The maximum absolute atomic E-state index is 12.4. The Kier molecular flexibility index (Phi) is 5.83. The van der Waals surface area contributed by atoms with Gasteiger partial charge in [0.05, 0.1) is 13.7 Å². The average molecular weight is 375 g/mol. The molecule has 1 aromatic carbocycles. The number of benzene rings is 1. The van der Waals surface area contributed by atoms with Gasteiger partial charge in [0.1, 0.15) is 12.6 Å². The van der Waals surface area contributed by atoms with Crippen molar-refractivity contribution < 1.29 is 23.9 Å². The number of esters is 1. The number of nitrogens with zero attached hydrogens (tertiary/aromatic N) is 3. The van der Waals surface area contributed by atoms with E-state index in [-0.39, 0.29) is 24.8 Å². The van der Waals surface area contributed by atoms with Crippen molar-refractivity contribution in [1.29, 1.82) is 0 Å². The first-order valence-electron chi connectivity index (χ1n) is 9.08. The van der Waals surface area contributed by atoms with Crippen LogP contribution in [0.25, 0.3) is 0 Å². The van der Waals surface area contributed by atoms with Crippen molar-refractivity contribution in [2.45, 2.75) is 31.5 Å². The number of hydrogen-bond donors (Lipinski definition) is 0. The molecule has 0 saturated carbocycles. The summed E-state index contributed by atoms with van der Waals surface area (Å²) in [5.41, 5.74) is 0.937. The van der Waals surface area contributed by atoms with Crippen LogP contribution in [-0.4, -0.2) is 78.7 Å². The summed E-state index contributed by atoms with van der Waals surface area (Å²) in [4.78, 5) is 41.5. The minimum absolute atomic E-state index is 0.0928. The molecule has 0 aromatic heterocycles. The highest BCUT2D eigenvalue weighted by Crippen LogP contribution is 2.25. The zero-order chi connectivity index (χ0) is 19.4. The van der Waals surface area contributed by atoms with Gasteiger partial charge in [0.2, 0.25) is 0 Å². The molecule has 0 bridgehead atoms. The quantitative estimate of drug-likeness (QED) is 0.749. The molecule has 0 spiro atoms. The second kappa shape index (κ2) is 8.28. The first-order valence-corrected chi connectivity index (χ1v) is 9.08. The molecule has 2 aliphatic heterocycles. The van der Waals surface area contributed by atoms with Crippen LogP contribution in [-0.2, 0) is 20.9 Å². The fraction of sp³-hybridized carbons (Fsp3) is 0.526. The summed E-state index contributed by atoms with van der Waals surface area (Å²) in [6.45, 7) is 1.53. The second-order valence-electron chi connectivity index (χ2n) is 6.87. The predicted octanol–water partition coefficient (Wildman–Crippen LogP) is 1.70. The highest BCUT2D eigenvalue weighted by Gasteiger charge is 2.45. The van der Waals surface area contributed by atoms with E-state index in [2.05, 4.69) is 0 Å². The average Bonchev–Trinajstić information content (AvgIpc) is 3.01. The van der Waals surface area contributed by atoms with Gasteiger partial charge in [-0.2, -0.15) is 0 Å². The molecule has 3 amide bonds. The summed E-state index contributed by atoms with van der Waals surface area (Å²) in [7, 11) is 3.00. The Hall–Kier alpha value is -2.77. The van der Waals surface area contributed by atoms with Crippen LogP contribution in [0, 0.1) is 0 Å². The number of carbonyl (C=O) groups excluding carboxylic acids is 3. The van der Waals surface area contributed by atoms with Crippen molar-refractivity contribution in [3.63, 3.8) is 0 Å². The van der Waals surface area contributed by atoms with Crippen molar-refractivity contribution >= 4 is 18.1 Å². The van der Waals surface area contributed by atoms with Gasteiger partial charge in [-0.3, -0.25) is 0 Å². The number of hydrogen-bond acceptors (Lipinski definition) is 5. The Balaban J connectivity index is 1.54. The first-order chi connectivity index (χ1) is 13.0. The maximum atomic E-state index is 12.4. The summed E-state index contributed by atoms with van der Waals surface area (Å²) in [6.07, 6.45) is 0.854. The van der Waals surface area contributed by atoms with Crippen LogP contribution < -0.4 is 0 Å². The van der Waals surface area contributed by atoms with E-state index >= 15 is 0 Å². The molecular weight excluding hydrogens is 350 g/mol. The van der Waals surface area contributed by atoms with Gasteiger partial charge in [-0.05, 0) is 18.4 Å². The minimum Gasteiger partial charge on any atom is -0.467 e. The van der Waals surface area contributed by atoms with E-state index in [0.717, 1.165) is 5.56 Å². The van der Waals surface area contributed by atoms with Crippen molar-refractivity contribution in [3.8, 4) is 0 Å². The molecule has 0 N–H and O–H groups in total. The fourth-order valence-electron chi connectivity index (χ4n) is 3.63. The van der Waals surface area contributed by atoms with E-state index < -0.39 is 12.0 Å². The van der Waals surface area contributed by atoms with Gasteiger partial charge in [0.15, 0.2) is 0 Å². The monoisotopic (exact) mass is 375 g/mol. The molecule has 2 saturated heterocycles. The van der Waals surface area contributed by atoms with Gasteiger partial charge in [0, 0.05) is 26.2 Å². The number of rotatable bonds is 4. The predicted molar refractivity (Wildman–Crippen MR) is 96.9 cm³/mol. The topological polar surface area (TPSA) is 79.4 Å². The molecule has 2 aliphatic rings. The Labute approximate surface area is 158 Å². The number of likely N-dealkylation sites (N-methyl/N-ethyl adjacent to an activating group) is 1. The van der Waals surface area contributed by atoms with Crippen LogP contribution in [0.2, 0.25) is 0 Å². The summed E-state index contributed by atoms with van der Waals surface area (Å²) in [5.74, 6) is -0.405. The third kappa shape index (κ3) is 4.15. The minimum atomic E-state index is -0.589. The van der Waals surface area contributed by atoms with Crippen LogP contribution >= 0.6 is 0 Å². The Morgan fingerprint density at radius 1 is 1.15 bits per heavy atom. The Morgan fingerprint density at radius 3 is 2.44 bits per heavy atom. The third-order valence-electron chi connectivity index (χ3n) is 5.12. The molecule has 27 heavy (non-hydrogen) atoms. The molecule has 2 heterocycles. The lowest BCUT2D eigenvalue weighted by molar-refractivity contribution is -0.145. The highest BCUT2D eigenvalue weighted by molar-refractivity contribution is 5.87. The van der Waals surface area contributed by atoms with E-state index in [1.54, 1.807) is 16.8 Å². The molecule has 1 atom stereocenters. The smallest absolute Gasteiger partial charge is 0.410 e. The lowest BCUT2D eigenvalue weighted by Crippen LogP contribution is -2.52. The Morgan fingerprint density at radius 2 is 1.81 bits per heavy atom. The zero-order valence-corrected chi connectivity index (χ0v) is 15.7. The van der Waals surface area contributed by atoms with Crippen molar-refractivity contribution in [2.75, 3.05) is 33.8 Å². The summed E-state index contributed by atoms with van der Waals surface area (Å²) >= 11 is 0. The number of carbonyl (C=O) groups is 3. The van der Waals surface area contributed by atoms with E-state index in [1.165, 1.54) is 12.0 Å². The SMILES string of the molecule is COC(=O)[C@H]1CN(C)C(=O)N1C1CCN(C(=O)OCc2ccccc2)CC1. The number of likely N-dealkylation sites (tertiary alicyclic amines) is 1.